The molecule has 0 radical (unpaired) electrons. The standard InChI is InChI=1S/C12H12F2N2O/c13-10-3-1-2-9(12(10)14)11(16-15)6-8-4-5-17-7-8/h1-5,7,11,16H,6,15H2. The van der Waals surface area contributed by atoms with Gasteiger partial charge >= 0.3 is 0 Å². The van der Waals surface area contributed by atoms with Crippen LogP contribution in [-0.4, -0.2) is 0 Å². The van der Waals surface area contributed by atoms with Crippen LogP contribution in [-0.2, 0) is 6.42 Å². The van der Waals surface area contributed by atoms with Crippen LogP contribution in [0.4, 0.5) is 8.78 Å². The van der Waals surface area contributed by atoms with Gasteiger partial charge in [-0.3, -0.25) is 11.3 Å². The number of rotatable bonds is 4. The highest BCUT2D eigenvalue weighted by Crippen LogP contribution is 2.22. The molecular formula is C12H12F2N2O. The predicted octanol–water partition coefficient (Wildman–Crippen LogP) is 2.30. The molecule has 0 fully saturated rings. The van der Waals surface area contributed by atoms with Crippen LogP contribution in [0.2, 0.25) is 0 Å². The van der Waals surface area contributed by atoms with E-state index >= 15 is 0 Å². The van der Waals surface area contributed by atoms with Gasteiger partial charge in [0.05, 0.1) is 18.6 Å². The quantitative estimate of drug-likeness (QED) is 0.634. The Kier molecular flexibility index (Phi) is 3.51. The second-order valence-electron chi connectivity index (χ2n) is 3.70. The summed E-state index contributed by atoms with van der Waals surface area (Å²) in [6, 6.07) is 5.28. The first kappa shape index (κ1) is 11.8. The van der Waals surface area contributed by atoms with Crippen molar-refractivity contribution in [2.24, 2.45) is 5.84 Å². The van der Waals surface area contributed by atoms with Gasteiger partial charge < -0.3 is 4.42 Å². The molecule has 3 nitrogen and oxygen atoms in total. The summed E-state index contributed by atoms with van der Waals surface area (Å²) in [6.45, 7) is 0. The molecule has 0 spiro atoms. The van der Waals surface area contributed by atoms with Crippen LogP contribution in [0.1, 0.15) is 17.2 Å². The van der Waals surface area contributed by atoms with E-state index in [1.807, 2.05) is 0 Å². The molecule has 17 heavy (non-hydrogen) atoms. The van der Waals surface area contributed by atoms with Crippen molar-refractivity contribution in [2.45, 2.75) is 12.5 Å². The number of hydrazine groups is 1. The molecule has 5 heteroatoms. The lowest BCUT2D eigenvalue weighted by atomic mass is 10.0. The molecule has 0 aliphatic rings. The summed E-state index contributed by atoms with van der Waals surface area (Å²) in [5.41, 5.74) is 3.54. The first-order valence-electron chi connectivity index (χ1n) is 5.13. The molecule has 1 unspecified atom stereocenters. The second kappa shape index (κ2) is 5.07. The van der Waals surface area contributed by atoms with Crippen molar-refractivity contribution < 1.29 is 13.2 Å². The minimum Gasteiger partial charge on any atom is -0.472 e. The van der Waals surface area contributed by atoms with Gasteiger partial charge in [-0.1, -0.05) is 12.1 Å². The molecule has 1 heterocycles. The molecule has 3 N–H and O–H groups in total. The topological polar surface area (TPSA) is 51.2 Å². The number of halogens is 2. The number of hydrogen-bond donors (Lipinski definition) is 2. The van der Waals surface area contributed by atoms with Crippen molar-refractivity contribution in [3.8, 4) is 0 Å². The summed E-state index contributed by atoms with van der Waals surface area (Å²) >= 11 is 0. The lowest BCUT2D eigenvalue weighted by molar-refractivity contribution is 0.463. The lowest BCUT2D eigenvalue weighted by Gasteiger charge is -2.16. The van der Waals surface area contributed by atoms with Gasteiger partial charge in [0.1, 0.15) is 0 Å². The van der Waals surface area contributed by atoms with Gasteiger partial charge in [-0.2, -0.15) is 0 Å². The molecule has 0 aliphatic carbocycles. The molecule has 0 saturated heterocycles. The first-order chi connectivity index (χ1) is 8.22. The van der Waals surface area contributed by atoms with Gasteiger partial charge in [-0.25, -0.2) is 8.78 Å². The summed E-state index contributed by atoms with van der Waals surface area (Å²) in [5, 5.41) is 0. The molecule has 0 amide bonds. The zero-order valence-electron chi connectivity index (χ0n) is 8.99. The fraction of sp³-hybridized carbons (Fsp3) is 0.167. The van der Waals surface area contributed by atoms with Crippen LogP contribution in [0.15, 0.2) is 41.2 Å². The maximum atomic E-state index is 13.6. The monoisotopic (exact) mass is 238 g/mol. The normalized spacial score (nSPS) is 12.6. The highest BCUT2D eigenvalue weighted by atomic mass is 19.2. The van der Waals surface area contributed by atoms with E-state index in [1.54, 1.807) is 12.3 Å². The fourth-order valence-electron chi connectivity index (χ4n) is 1.69. The minimum atomic E-state index is -0.880. The third-order valence-electron chi connectivity index (χ3n) is 2.58. The van der Waals surface area contributed by atoms with E-state index in [2.05, 4.69) is 5.43 Å². The van der Waals surface area contributed by atoms with Crippen LogP contribution in [0.25, 0.3) is 0 Å². The Morgan fingerprint density at radius 1 is 1.29 bits per heavy atom. The molecule has 0 saturated carbocycles. The number of nitrogens with one attached hydrogen (secondary N) is 1. The van der Waals surface area contributed by atoms with Crippen molar-refractivity contribution in [3.63, 3.8) is 0 Å². The van der Waals surface area contributed by atoms with E-state index in [0.29, 0.717) is 6.42 Å². The van der Waals surface area contributed by atoms with E-state index in [0.717, 1.165) is 11.6 Å². The largest absolute Gasteiger partial charge is 0.472 e. The average molecular weight is 238 g/mol. The Hall–Kier alpha value is -1.72. The number of furan rings is 1. The average Bonchev–Trinajstić information content (AvgIpc) is 2.83. The summed E-state index contributed by atoms with van der Waals surface area (Å²) in [6.07, 6.45) is 3.49. The van der Waals surface area contributed by atoms with Gasteiger partial charge in [-0.15, -0.1) is 0 Å². The number of nitrogens with two attached hydrogens (primary N) is 1. The molecule has 1 aromatic heterocycles. The lowest BCUT2D eigenvalue weighted by Crippen LogP contribution is -2.30. The van der Waals surface area contributed by atoms with Crippen molar-refractivity contribution in [2.75, 3.05) is 0 Å². The molecule has 0 aliphatic heterocycles. The molecule has 2 rings (SSSR count). The number of hydrogen-bond acceptors (Lipinski definition) is 3. The van der Waals surface area contributed by atoms with Crippen LogP contribution in [0.3, 0.4) is 0 Å². The highest BCUT2D eigenvalue weighted by Gasteiger charge is 2.17. The van der Waals surface area contributed by atoms with E-state index in [9.17, 15) is 8.78 Å². The Labute approximate surface area is 97.2 Å². The predicted molar refractivity (Wildman–Crippen MR) is 58.8 cm³/mol. The zero-order valence-corrected chi connectivity index (χ0v) is 8.99. The van der Waals surface area contributed by atoms with E-state index in [1.165, 1.54) is 18.4 Å². The molecule has 1 aromatic carbocycles. The van der Waals surface area contributed by atoms with Gasteiger partial charge in [-0.05, 0) is 24.1 Å². The van der Waals surface area contributed by atoms with Crippen molar-refractivity contribution >= 4 is 0 Å². The van der Waals surface area contributed by atoms with E-state index < -0.39 is 17.7 Å². The zero-order chi connectivity index (χ0) is 12.3. The van der Waals surface area contributed by atoms with Gasteiger partial charge in [0.15, 0.2) is 11.6 Å². The Balaban J connectivity index is 2.26. The maximum Gasteiger partial charge on any atom is 0.163 e. The third kappa shape index (κ3) is 2.51. The SMILES string of the molecule is NNC(Cc1ccoc1)c1cccc(F)c1F. The third-order valence-corrected chi connectivity index (χ3v) is 2.58. The fourth-order valence-corrected chi connectivity index (χ4v) is 1.69. The maximum absolute atomic E-state index is 13.6. The summed E-state index contributed by atoms with van der Waals surface area (Å²) in [7, 11) is 0. The molecule has 1 atom stereocenters. The Bertz CT molecular complexity index is 485. The van der Waals surface area contributed by atoms with Gasteiger partial charge in [0.2, 0.25) is 0 Å². The first-order valence-corrected chi connectivity index (χ1v) is 5.13. The van der Waals surface area contributed by atoms with E-state index in [-0.39, 0.29) is 5.56 Å². The van der Waals surface area contributed by atoms with Crippen LogP contribution >= 0.6 is 0 Å². The smallest absolute Gasteiger partial charge is 0.163 e. The van der Waals surface area contributed by atoms with Crippen molar-refractivity contribution in [3.05, 3.63) is 59.6 Å². The second-order valence-corrected chi connectivity index (χ2v) is 3.70. The van der Waals surface area contributed by atoms with Gasteiger partial charge in [0.25, 0.3) is 0 Å². The molecule has 0 bridgehead atoms. The Morgan fingerprint density at radius 2 is 2.12 bits per heavy atom. The molecular weight excluding hydrogens is 226 g/mol. The van der Waals surface area contributed by atoms with E-state index in [4.69, 9.17) is 10.3 Å². The molecule has 2 aromatic rings. The van der Waals surface area contributed by atoms with Crippen LogP contribution in [0.5, 0.6) is 0 Å². The summed E-state index contributed by atoms with van der Waals surface area (Å²) in [4.78, 5) is 0. The van der Waals surface area contributed by atoms with Crippen molar-refractivity contribution in [1.29, 1.82) is 0 Å². The van der Waals surface area contributed by atoms with Crippen LogP contribution < -0.4 is 11.3 Å². The van der Waals surface area contributed by atoms with Crippen LogP contribution in [0, 0.1) is 11.6 Å². The number of benzene rings is 1. The summed E-state index contributed by atoms with van der Waals surface area (Å²) in [5.74, 6) is 3.61. The highest BCUT2D eigenvalue weighted by molar-refractivity contribution is 5.24. The Morgan fingerprint density at radius 3 is 2.76 bits per heavy atom. The molecule has 90 valence electrons. The van der Waals surface area contributed by atoms with Crippen molar-refractivity contribution in [1.82, 2.24) is 5.43 Å². The summed E-state index contributed by atoms with van der Waals surface area (Å²) < 4.78 is 31.6. The minimum absolute atomic E-state index is 0.203. The van der Waals surface area contributed by atoms with Gasteiger partial charge in [0, 0.05) is 5.56 Å².